The predicted octanol–water partition coefficient (Wildman–Crippen LogP) is 4.79. The summed E-state index contributed by atoms with van der Waals surface area (Å²) < 4.78 is 18.2. The zero-order chi connectivity index (χ0) is 25.1. The van der Waals surface area contributed by atoms with Crippen LogP contribution in [0.2, 0.25) is 0 Å². The van der Waals surface area contributed by atoms with Gasteiger partial charge in [-0.25, -0.2) is 9.97 Å². The monoisotopic (exact) mass is 482 g/mol. The summed E-state index contributed by atoms with van der Waals surface area (Å²) in [5.74, 6) is 1.95. The summed E-state index contributed by atoms with van der Waals surface area (Å²) in [6.45, 7) is 0.552. The molecule has 3 aromatic heterocycles. The van der Waals surface area contributed by atoms with Crippen LogP contribution < -0.4 is 19.1 Å². The van der Waals surface area contributed by atoms with Crippen LogP contribution in [0.5, 0.6) is 17.4 Å². The van der Waals surface area contributed by atoms with Gasteiger partial charge >= 0.3 is 0 Å². The normalized spacial score (nSPS) is 10.9. The zero-order valence-electron chi connectivity index (χ0n) is 20.5. The fourth-order valence-corrected chi connectivity index (χ4v) is 3.98. The molecule has 9 heteroatoms. The molecule has 9 nitrogen and oxygen atoms in total. The second-order valence-electron chi connectivity index (χ2n) is 8.19. The highest BCUT2D eigenvalue weighted by Gasteiger charge is 2.16. The summed E-state index contributed by atoms with van der Waals surface area (Å²) in [4.78, 5) is 15.9. The lowest BCUT2D eigenvalue weighted by Crippen LogP contribution is -2.17. The first-order valence-electron chi connectivity index (χ1n) is 11.3. The van der Waals surface area contributed by atoms with E-state index in [1.54, 1.807) is 44.6 Å². The van der Waals surface area contributed by atoms with Crippen LogP contribution in [0.15, 0.2) is 73.3 Å². The summed E-state index contributed by atoms with van der Waals surface area (Å²) in [5.41, 5.74) is 6.13. The van der Waals surface area contributed by atoms with Crippen molar-refractivity contribution >= 4 is 22.4 Å². The molecule has 36 heavy (non-hydrogen) atoms. The molecule has 0 fully saturated rings. The van der Waals surface area contributed by atoms with E-state index in [1.165, 1.54) is 0 Å². The van der Waals surface area contributed by atoms with Gasteiger partial charge in [-0.2, -0.15) is 5.10 Å². The number of hydrogen-bond acceptors (Lipinski definition) is 8. The van der Waals surface area contributed by atoms with Crippen molar-refractivity contribution in [2.45, 2.75) is 6.54 Å². The molecule has 2 aromatic carbocycles. The number of nitrogens with zero attached hydrogens (tertiary/aromatic N) is 6. The summed E-state index contributed by atoms with van der Waals surface area (Å²) >= 11 is 0. The molecular weight excluding hydrogens is 456 g/mol. The van der Waals surface area contributed by atoms with Gasteiger partial charge < -0.3 is 19.1 Å². The average molecular weight is 483 g/mol. The first kappa shape index (κ1) is 23.1. The van der Waals surface area contributed by atoms with Crippen molar-refractivity contribution in [3.8, 4) is 28.6 Å². The molecule has 182 valence electrons. The van der Waals surface area contributed by atoms with E-state index in [-0.39, 0.29) is 0 Å². The number of methoxy groups -OCH3 is 3. The predicted molar refractivity (Wildman–Crippen MR) is 138 cm³/mol. The molecular formula is C27H26N6O3. The van der Waals surface area contributed by atoms with Crippen LogP contribution in [0.1, 0.15) is 5.56 Å². The first-order chi connectivity index (χ1) is 17.6. The van der Waals surface area contributed by atoms with Crippen molar-refractivity contribution in [3.63, 3.8) is 0 Å². The van der Waals surface area contributed by atoms with E-state index in [2.05, 4.69) is 20.0 Å². The van der Waals surface area contributed by atoms with Crippen LogP contribution in [-0.4, -0.2) is 46.1 Å². The Bertz CT molecular complexity index is 1490. The molecule has 3 heterocycles. The molecule has 0 spiro atoms. The number of aromatic nitrogens is 5. The zero-order valence-corrected chi connectivity index (χ0v) is 20.5. The van der Waals surface area contributed by atoms with Gasteiger partial charge in [0.15, 0.2) is 0 Å². The molecule has 0 saturated heterocycles. The van der Waals surface area contributed by atoms with Crippen LogP contribution in [0, 0.1) is 0 Å². The summed E-state index contributed by atoms with van der Waals surface area (Å²) in [6.07, 6.45) is 7.22. The molecule has 0 aliphatic rings. The van der Waals surface area contributed by atoms with Gasteiger partial charge in [-0.3, -0.25) is 9.67 Å². The maximum atomic E-state index is 5.54. The summed E-state index contributed by atoms with van der Waals surface area (Å²) in [5, 5.41) is 4.25. The van der Waals surface area contributed by atoms with Gasteiger partial charge in [0.25, 0.3) is 0 Å². The Kier molecular flexibility index (Phi) is 6.36. The molecule has 0 unspecified atom stereocenters. The molecule has 0 atom stereocenters. The minimum Gasteiger partial charge on any atom is -0.497 e. The third-order valence-corrected chi connectivity index (χ3v) is 5.84. The van der Waals surface area contributed by atoms with Crippen molar-refractivity contribution in [2.24, 2.45) is 7.05 Å². The standard InChI is InChI=1S/C27H26N6O3/c1-32-17-19(14-30-32)26-15-29-24-6-5-20(12-25(24)31-26)33(16-18-7-8-28-27(9-18)36-4)21-10-22(34-2)13-23(11-21)35-3/h5-15,17H,16H2,1-4H3. The van der Waals surface area contributed by atoms with Gasteiger partial charge in [-0.05, 0) is 29.8 Å². The van der Waals surface area contributed by atoms with Gasteiger partial charge in [0.1, 0.15) is 11.5 Å². The van der Waals surface area contributed by atoms with E-state index in [0.29, 0.717) is 23.9 Å². The van der Waals surface area contributed by atoms with Crippen LogP contribution in [0.25, 0.3) is 22.3 Å². The molecule has 0 amide bonds. The molecule has 5 aromatic rings. The Morgan fingerprint density at radius 3 is 2.31 bits per heavy atom. The minimum atomic E-state index is 0.552. The summed E-state index contributed by atoms with van der Waals surface area (Å²) in [7, 11) is 6.77. The van der Waals surface area contributed by atoms with Crippen molar-refractivity contribution < 1.29 is 14.2 Å². The number of fused-ring (bicyclic) bond motifs is 1. The highest BCUT2D eigenvalue weighted by Crippen LogP contribution is 2.35. The largest absolute Gasteiger partial charge is 0.497 e. The highest BCUT2D eigenvalue weighted by atomic mass is 16.5. The molecule has 5 rings (SSSR count). The van der Waals surface area contributed by atoms with Gasteiger partial charge in [0, 0.05) is 67.2 Å². The van der Waals surface area contributed by atoms with Crippen molar-refractivity contribution in [1.82, 2.24) is 24.7 Å². The third-order valence-electron chi connectivity index (χ3n) is 5.84. The Labute approximate surface area is 208 Å². The molecule has 0 aliphatic heterocycles. The fourth-order valence-electron chi connectivity index (χ4n) is 3.98. The molecule has 0 saturated carbocycles. The van der Waals surface area contributed by atoms with E-state index in [0.717, 1.165) is 39.2 Å². The SMILES string of the molecule is COc1cc(OC)cc(N(Cc2ccnc(OC)c2)c2ccc3ncc(-c4cnn(C)c4)nc3c2)c1. The van der Waals surface area contributed by atoms with Crippen LogP contribution in [-0.2, 0) is 13.6 Å². The Morgan fingerprint density at radius 1 is 0.806 bits per heavy atom. The number of pyridine rings is 1. The van der Waals surface area contributed by atoms with Gasteiger partial charge in [-0.1, -0.05) is 0 Å². The lowest BCUT2D eigenvalue weighted by molar-refractivity contribution is 0.394. The molecule has 0 bridgehead atoms. The quantitative estimate of drug-likeness (QED) is 0.312. The number of rotatable bonds is 8. The number of hydrogen-bond donors (Lipinski definition) is 0. The van der Waals surface area contributed by atoms with Gasteiger partial charge in [-0.15, -0.1) is 0 Å². The maximum absolute atomic E-state index is 5.54. The van der Waals surface area contributed by atoms with Crippen LogP contribution in [0.4, 0.5) is 11.4 Å². The van der Waals surface area contributed by atoms with Gasteiger partial charge in [0.05, 0.1) is 50.5 Å². The number of anilines is 2. The molecule has 0 aliphatic carbocycles. The second-order valence-corrected chi connectivity index (χ2v) is 8.19. The van der Waals surface area contributed by atoms with Gasteiger partial charge in [0.2, 0.25) is 5.88 Å². The Hall–Kier alpha value is -4.66. The first-order valence-corrected chi connectivity index (χ1v) is 11.3. The van der Waals surface area contributed by atoms with E-state index < -0.39 is 0 Å². The third kappa shape index (κ3) is 4.76. The molecule has 0 radical (unpaired) electrons. The Balaban J connectivity index is 1.62. The lowest BCUT2D eigenvalue weighted by atomic mass is 10.1. The van der Waals surface area contributed by atoms with E-state index >= 15 is 0 Å². The van der Waals surface area contributed by atoms with Crippen molar-refractivity contribution in [1.29, 1.82) is 0 Å². The lowest BCUT2D eigenvalue weighted by Gasteiger charge is -2.26. The fraction of sp³-hybridized carbons (Fsp3) is 0.185. The summed E-state index contributed by atoms with van der Waals surface area (Å²) in [6, 6.07) is 15.7. The second kappa shape index (κ2) is 9.91. The average Bonchev–Trinajstić information content (AvgIpc) is 3.37. The van der Waals surface area contributed by atoms with Crippen molar-refractivity contribution in [3.05, 3.63) is 78.9 Å². The van der Waals surface area contributed by atoms with E-state index in [9.17, 15) is 0 Å². The highest BCUT2D eigenvalue weighted by molar-refractivity contribution is 5.82. The Morgan fingerprint density at radius 2 is 1.61 bits per heavy atom. The smallest absolute Gasteiger partial charge is 0.213 e. The molecule has 0 N–H and O–H groups in total. The van der Waals surface area contributed by atoms with E-state index in [1.807, 2.05) is 61.8 Å². The number of ether oxygens (including phenoxy) is 3. The maximum Gasteiger partial charge on any atom is 0.213 e. The van der Waals surface area contributed by atoms with Crippen LogP contribution in [0.3, 0.4) is 0 Å². The number of aryl methyl sites for hydroxylation is 1. The van der Waals surface area contributed by atoms with Crippen LogP contribution >= 0.6 is 0 Å². The number of benzene rings is 2. The topological polar surface area (TPSA) is 87.4 Å². The minimum absolute atomic E-state index is 0.552. The van der Waals surface area contributed by atoms with Crippen molar-refractivity contribution in [2.75, 3.05) is 26.2 Å². The van der Waals surface area contributed by atoms with E-state index in [4.69, 9.17) is 19.2 Å².